The highest BCUT2D eigenvalue weighted by Crippen LogP contribution is 2.27. The van der Waals surface area contributed by atoms with E-state index in [9.17, 15) is 0 Å². The summed E-state index contributed by atoms with van der Waals surface area (Å²) in [7, 11) is 0. The van der Waals surface area contributed by atoms with Crippen LogP contribution in [0.25, 0.3) is 5.95 Å². The molecule has 1 saturated heterocycles. The van der Waals surface area contributed by atoms with Crippen molar-refractivity contribution >= 4 is 17.7 Å². The molecule has 0 aromatic carbocycles. The Kier molecular flexibility index (Phi) is 4.09. The Morgan fingerprint density at radius 1 is 1.30 bits per heavy atom. The van der Waals surface area contributed by atoms with Crippen LogP contribution >= 0.6 is 11.8 Å². The highest BCUT2D eigenvalue weighted by atomic mass is 32.2. The lowest BCUT2D eigenvalue weighted by atomic mass is 10.2. The first-order chi connectivity index (χ1) is 9.85. The van der Waals surface area contributed by atoms with Gasteiger partial charge in [-0.25, -0.2) is 10.8 Å². The minimum atomic E-state index is 0.346. The number of aromatic nitrogens is 5. The summed E-state index contributed by atoms with van der Waals surface area (Å²) < 4.78 is 7.07. The van der Waals surface area contributed by atoms with Crippen LogP contribution < -0.4 is 11.3 Å². The molecule has 0 saturated carbocycles. The van der Waals surface area contributed by atoms with Crippen LogP contribution in [-0.2, 0) is 4.74 Å². The number of anilines is 1. The monoisotopic (exact) mass is 293 g/mol. The molecule has 0 atom stereocenters. The first-order valence-electron chi connectivity index (χ1n) is 6.30. The van der Waals surface area contributed by atoms with Gasteiger partial charge in [0.25, 0.3) is 0 Å². The molecule has 9 heteroatoms. The van der Waals surface area contributed by atoms with E-state index in [-0.39, 0.29) is 0 Å². The zero-order chi connectivity index (χ0) is 13.8. The summed E-state index contributed by atoms with van der Waals surface area (Å²) in [5.41, 5.74) is 2.47. The molecule has 3 heterocycles. The van der Waals surface area contributed by atoms with Crippen molar-refractivity contribution in [3.8, 4) is 5.95 Å². The van der Waals surface area contributed by atoms with Gasteiger partial charge in [0.05, 0.1) is 0 Å². The topological polar surface area (TPSA) is 104 Å². The number of nitrogens with two attached hydrogens (primary N) is 1. The van der Waals surface area contributed by atoms with E-state index in [1.165, 1.54) is 0 Å². The maximum Gasteiger partial charge on any atom is 0.242 e. The number of hydrazine groups is 1. The SMILES string of the molecule is NNc1nc(SC2CCOCC2)nc(-n2ccnc2)n1. The van der Waals surface area contributed by atoms with Crippen LogP contribution in [0, 0.1) is 0 Å². The van der Waals surface area contributed by atoms with Crippen molar-refractivity contribution in [1.82, 2.24) is 24.5 Å². The van der Waals surface area contributed by atoms with Gasteiger partial charge in [0.15, 0.2) is 5.16 Å². The molecule has 3 rings (SSSR count). The molecule has 1 aliphatic heterocycles. The quantitative estimate of drug-likeness (QED) is 0.624. The van der Waals surface area contributed by atoms with E-state index in [4.69, 9.17) is 10.6 Å². The van der Waals surface area contributed by atoms with E-state index in [0.717, 1.165) is 26.1 Å². The Bertz CT molecular complexity index is 556. The maximum absolute atomic E-state index is 5.42. The zero-order valence-corrected chi connectivity index (χ0v) is 11.6. The fourth-order valence-electron chi connectivity index (χ4n) is 1.90. The molecule has 2 aromatic rings. The minimum Gasteiger partial charge on any atom is -0.381 e. The second-order valence-corrected chi connectivity index (χ2v) is 5.55. The molecule has 0 aliphatic carbocycles. The fraction of sp³-hybridized carbons (Fsp3) is 0.455. The van der Waals surface area contributed by atoms with E-state index >= 15 is 0 Å². The van der Waals surface area contributed by atoms with Crippen LogP contribution in [0.3, 0.4) is 0 Å². The van der Waals surface area contributed by atoms with Crippen LogP contribution in [0.5, 0.6) is 0 Å². The van der Waals surface area contributed by atoms with Crippen molar-refractivity contribution in [3.63, 3.8) is 0 Å². The van der Waals surface area contributed by atoms with E-state index in [0.29, 0.717) is 22.3 Å². The summed E-state index contributed by atoms with van der Waals surface area (Å²) in [6, 6.07) is 0. The van der Waals surface area contributed by atoms with Crippen LogP contribution in [-0.4, -0.2) is 43.0 Å². The number of nitrogens with zero attached hydrogens (tertiary/aromatic N) is 5. The fourth-order valence-corrected chi connectivity index (χ4v) is 2.90. The molecule has 0 radical (unpaired) electrons. The third kappa shape index (κ3) is 3.06. The van der Waals surface area contributed by atoms with Gasteiger partial charge in [-0.15, -0.1) is 0 Å². The third-order valence-corrected chi connectivity index (χ3v) is 4.11. The van der Waals surface area contributed by atoms with Crippen molar-refractivity contribution in [3.05, 3.63) is 18.7 Å². The highest BCUT2D eigenvalue weighted by Gasteiger charge is 2.18. The van der Waals surface area contributed by atoms with Gasteiger partial charge in [0.1, 0.15) is 6.33 Å². The van der Waals surface area contributed by atoms with Crippen molar-refractivity contribution in [2.75, 3.05) is 18.6 Å². The summed E-state index contributed by atoms with van der Waals surface area (Å²) >= 11 is 1.63. The van der Waals surface area contributed by atoms with Gasteiger partial charge in [-0.1, -0.05) is 11.8 Å². The number of rotatable bonds is 4. The number of hydrogen-bond acceptors (Lipinski definition) is 8. The van der Waals surface area contributed by atoms with Gasteiger partial charge < -0.3 is 4.74 Å². The number of thioether (sulfide) groups is 1. The Morgan fingerprint density at radius 3 is 2.85 bits per heavy atom. The number of imidazole rings is 1. The molecule has 1 aliphatic rings. The Balaban J connectivity index is 1.84. The van der Waals surface area contributed by atoms with E-state index in [1.54, 1.807) is 35.0 Å². The molecule has 106 valence electrons. The van der Waals surface area contributed by atoms with Gasteiger partial charge in [0.2, 0.25) is 11.9 Å². The molecular formula is C11H15N7OS. The van der Waals surface area contributed by atoms with Crippen LogP contribution in [0.2, 0.25) is 0 Å². The molecule has 0 bridgehead atoms. The molecule has 3 N–H and O–H groups in total. The van der Waals surface area contributed by atoms with Gasteiger partial charge in [-0.05, 0) is 12.8 Å². The van der Waals surface area contributed by atoms with Crippen molar-refractivity contribution in [2.45, 2.75) is 23.2 Å². The number of nitrogens with one attached hydrogen (secondary N) is 1. The lowest BCUT2D eigenvalue weighted by Gasteiger charge is -2.20. The largest absolute Gasteiger partial charge is 0.381 e. The second-order valence-electron chi connectivity index (χ2n) is 4.29. The van der Waals surface area contributed by atoms with Crippen LogP contribution in [0.4, 0.5) is 5.95 Å². The average molecular weight is 293 g/mol. The molecule has 2 aromatic heterocycles. The van der Waals surface area contributed by atoms with Crippen molar-refractivity contribution < 1.29 is 4.74 Å². The second kappa shape index (κ2) is 6.16. The van der Waals surface area contributed by atoms with Gasteiger partial charge in [0, 0.05) is 30.9 Å². The Hall–Kier alpha value is -1.71. The number of nitrogen functional groups attached to an aromatic ring is 1. The normalized spacial score (nSPS) is 16.2. The lowest BCUT2D eigenvalue weighted by Crippen LogP contribution is -2.19. The summed E-state index contributed by atoms with van der Waals surface area (Å²) in [6.45, 7) is 1.58. The zero-order valence-electron chi connectivity index (χ0n) is 10.8. The Labute approximate surface area is 120 Å². The van der Waals surface area contributed by atoms with Crippen molar-refractivity contribution in [1.29, 1.82) is 0 Å². The first-order valence-corrected chi connectivity index (χ1v) is 7.18. The standard InChI is InChI=1S/C11H15N7OS/c12-17-9-14-10(18-4-3-13-7-18)16-11(15-9)20-8-1-5-19-6-2-8/h3-4,7-8H,1-2,5-6,12H2,(H,14,15,16,17). The molecule has 0 spiro atoms. The van der Waals surface area contributed by atoms with Gasteiger partial charge in [-0.3, -0.25) is 9.99 Å². The summed E-state index contributed by atoms with van der Waals surface area (Å²) in [4.78, 5) is 16.9. The number of ether oxygens (including phenoxy) is 1. The van der Waals surface area contributed by atoms with Crippen LogP contribution in [0.15, 0.2) is 23.9 Å². The van der Waals surface area contributed by atoms with E-state index in [1.807, 2.05) is 0 Å². The lowest BCUT2D eigenvalue weighted by molar-refractivity contribution is 0.1000. The predicted molar refractivity (Wildman–Crippen MR) is 74.5 cm³/mol. The highest BCUT2D eigenvalue weighted by molar-refractivity contribution is 7.99. The molecule has 20 heavy (non-hydrogen) atoms. The number of hydrogen-bond donors (Lipinski definition) is 2. The molecule has 1 fully saturated rings. The van der Waals surface area contributed by atoms with E-state index in [2.05, 4.69) is 25.4 Å². The summed E-state index contributed by atoms with van der Waals surface area (Å²) in [6.07, 6.45) is 7.09. The van der Waals surface area contributed by atoms with Gasteiger partial charge in [-0.2, -0.15) is 15.0 Å². The first kappa shape index (κ1) is 13.3. The molecular weight excluding hydrogens is 278 g/mol. The van der Waals surface area contributed by atoms with Crippen molar-refractivity contribution in [2.24, 2.45) is 5.84 Å². The molecule has 0 unspecified atom stereocenters. The summed E-state index contributed by atoms with van der Waals surface area (Å²) in [5.74, 6) is 6.26. The summed E-state index contributed by atoms with van der Waals surface area (Å²) in [5, 5.41) is 1.12. The third-order valence-electron chi connectivity index (χ3n) is 2.91. The maximum atomic E-state index is 5.42. The van der Waals surface area contributed by atoms with Crippen LogP contribution in [0.1, 0.15) is 12.8 Å². The Morgan fingerprint density at radius 2 is 2.15 bits per heavy atom. The minimum absolute atomic E-state index is 0.346. The molecule has 8 nitrogen and oxygen atoms in total. The van der Waals surface area contributed by atoms with E-state index < -0.39 is 0 Å². The molecule has 0 amide bonds. The van der Waals surface area contributed by atoms with Gasteiger partial charge >= 0.3 is 0 Å². The average Bonchev–Trinajstić information content (AvgIpc) is 3.02. The predicted octanol–water partition coefficient (Wildman–Crippen LogP) is 0.614. The smallest absolute Gasteiger partial charge is 0.242 e.